The quantitative estimate of drug-likeness (QED) is 0.675. The molecule has 1 rings (SSSR count). The highest BCUT2D eigenvalue weighted by atomic mass is 32.2. The molecule has 0 aliphatic carbocycles. The van der Waals surface area contributed by atoms with Crippen molar-refractivity contribution in [1.29, 1.82) is 0 Å². The number of pyridine rings is 1. The molecule has 0 atom stereocenters. The number of nitrogens with two attached hydrogens (primary N) is 1. The van der Waals surface area contributed by atoms with Crippen molar-refractivity contribution >= 4 is 15.8 Å². The maximum absolute atomic E-state index is 10.5. The predicted molar refractivity (Wildman–Crippen MR) is 48.6 cm³/mol. The first-order chi connectivity index (χ1) is 5.88. The summed E-state index contributed by atoms with van der Waals surface area (Å²) in [6.45, 7) is 1.74. The third-order valence-corrected chi connectivity index (χ3v) is 2.17. The Morgan fingerprint density at radius 2 is 2.23 bits per heavy atom. The first-order valence-corrected chi connectivity index (χ1v) is 5.15. The highest BCUT2D eigenvalue weighted by molar-refractivity contribution is 7.85. The zero-order valence-corrected chi connectivity index (χ0v) is 7.87. The van der Waals surface area contributed by atoms with E-state index >= 15 is 0 Å². The van der Waals surface area contributed by atoms with Crippen molar-refractivity contribution in [3.63, 3.8) is 0 Å². The molecule has 0 fully saturated rings. The number of aromatic nitrogens is 1. The molecular formula is C7H10N2O3S. The lowest BCUT2D eigenvalue weighted by molar-refractivity contribution is 0.482. The summed E-state index contributed by atoms with van der Waals surface area (Å²) in [6, 6.07) is 1.56. The second-order valence-electron chi connectivity index (χ2n) is 2.75. The van der Waals surface area contributed by atoms with Crippen molar-refractivity contribution in [3.8, 4) is 0 Å². The number of rotatable bonds is 2. The van der Waals surface area contributed by atoms with E-state index in [4.69, 9.17) is 10.3 Å². The Labute approximate surface area is 76.3 Å². The third kappa shape index (κ3) is 3.00. The Morgan fingerprint density at radius 3 is 2.69 bits per heavy atom. The van der Waals surface area contributed by atoms with Crippen LogP contribution in [-0.2, 0) is 15.9 Å². The first-order valence-electron chi connectivity index (χ1n) is 3.54. The second-order valence-corrected chi connectivity index (χ2v) is 4.20. The van der Waals surface area contributed by atoms with Crippen LogP contribution in [0.3, 0.4) is 0 Å². The molecule has 0 unspecified atom stereocenters. The zero-order chi connectivity index (χ0) is 10.1. The fourth-order valence-electron chi connectivity index (χ4n) is 0.926. The monoisotopic (exact) mass is 202 g/mol. The molecule has 0 aliphatic rings. The fraction of sp³-hybridized carbons (Fsp3) is 0.286. The van der Waals surface area contributed by atoms with Crippen LogP contribution < -0.4 is 5.73 Å². The molecule has 0 saturated carbocycles. The molecule has 0 saturated heterocycles. The summed E-state index contributed by atoms with van der Waals surface area (Å²) >= 11 is 0. The highest BCUT2D eigenvalue weighted by Crippen LogP contribution is 2.13. The fourth-order valence-corrected chi connectivity index (χ4v) is 1.56. The summed E-state index contributed by atoms with van der Waals surface area (Å²) in [5.74, 6) is -0.494. The van der Waals surface area contributed by atoms with E-state index in [9.17, 15) is 8.42 Å². The van der Waals surface area contributed by atoms with Crippen LogP contribution in [0, 0.1) is 6.92 Å². The van der Waals surface area contributed by atoms with E-state index in [1.54, 1.807) is 13.0 Å². The van der Waals surface area contributed by atoms with Gasteiger partial charge in [-0.3, -0.25) is 9.54 Å². The average molecular weight is 202 g/mol. The van der Waals surface area contributed by atoms with Crippen molar-refractivity contribution in [2.24, 2.45) is 0 Å². The summed E-state index contributed by atoms with van der Waals surface area (Å²) in [5, 5.41) is 0. The Kier molecular flexibility index (Phi) is 2.53. The van der Waals surface area contributed by atoms with Crippen LogP contribution in [0.4, 0.5) is 5.69 Å². The van der Waals surface area contributed by atoms with Gasteiger partial charge in [-0.2, -0.15) is 8.42 Å². The van der Waals surface area contributed by atoms with Gasteiger partial charge in [0.25, 0.3) is 10.1 Å². The molecule has 0 bridgehead atoms. The van der Waals surface area contributed by atoms with Gasteiger partial charge in [0, 0.05) is 23.1 Å². The van der Waals surface area contributed by atoms with Gasteiger partial charge in [-0.15, -0.1) is 0 Å². The van der Waals surface area contributed by atoms with E-state index in [0.29, 0.717) is 16.9 Å². The predicted octanol–water partition coefficient (Wildman–Crippen LogP) is 0.360. The molecule has 0 spiro atoms. The minimum Gasteiger partial charge on any atom is -0.398 e. The Hall–Kier alpha value is -1.14. The number of hydrogen-bond acceptors (Lipinski definition) is 4. The normalized spacial score (nSPS) is 11.5. The van der Waals surface area contributed by atoms with E-state index in [1.165, 1.54) is 6.20 Å². The summed E-state index contributed by atoms with van der Waals surface area (Å²) < 4.78 is 29.6. The number of nitrogen functional groups attached to an aromatic ring is 1. The first kappa shape index (κ1) is 9.94. The van der Waals surface area contributed by atoms with Crippen molar-refractivity contribution in [1.82, 2.24) is 4.98 Å². The van der Waals surface area contributed by atoms with Crippen LogP contribution in [0.15, 0.2) is 12.3 Å². The van der Waals surface area contributed by atoms with E-state index in [-0.39, 0.29) is 0 Å². The van der Waals surface area contributed by atoms with Crippen molar-refractivity contribution < 1.29 is 13.0 Å². The average Bonchev–Trinajstić information content (AvgIpc) is 1.93. The van der Waals surface area contributed by atoms with E-state index in [1.807, 2.05) is 0 Å². The van der Waals surface area contributed by atoms with Crippen LogP contribution in [0.25, 0.3) is 0 Å². The van der Waals surface area contributed by atoms with Crippen LogP contribution >= 0.6 is 0 Å². The van der Waals surface area contributed by atoms with Gasteiger partial charge in [0.1, 0.15) is 5.75 Å². The summed E-state index contributed by atoms with van der Waals surface area (Å²) in [5.41, 5.74) is 6.86. The maximum Gasteiger partial charge on any atom is 0.269 e. The molecule has 13 heavy (non-hydrogen) atoms. The Balaban J connectivity index is 3.04. The molecule has 0 aromatic carbocycles. The lowest BCUT2D eigenvalue weighted by atomic mass is 10.2. The van der Waals surface area contributed by atoms with Crippen LogP contribution in [-0.4, -0.2) is 18.0 Å². The summed E-state index contributed by atoms with van der Waals surface area (Å²) in [6.07, 6.45) is 1.35. The molecule has 3 N–H and O–H groups in total. The molecule has 1 heterocycles. The third-order valence-electron chi connectivity index (χ3n) is 1.50. The molecular weight excluding hydrogens is 192 g/mol. The number of aryl methyl sites for hydroxylation is 1. The largest absolute Gasteiger partial charge is 0.398 e. The highest BCUT2D eigenvalue weighted by Gasteiger charge is 2.09. The number of nitrogens with zero attached hydrogens (tertiary/aromatic N) is 1. The molecule has 0 amide bonds. The Bertz CT molecular complexity index is 414. The molecule has 5 nitrogen and oxygen atoms in total. The Morgan fingerprint density at radius 1 is 1.62 bits per heavy atom. The van der Waals surface area contributed by atoms with E-state index in [2.05, 4.69) is 4.98 Å². The molecule has 1 aromatic rings. The minimum atomic E-state index is -4.03. The summed E-state index contributed by atoms with van der Waals surface area (Å²) in [7, 11) is -4.03. The zero-order valence-electron chi connectivity index (χ0n) is 7.06. The van der Waals surface area contributed by atoms with Crippen molar-refractivity contribution in [3.05, 3.63) is 23.5 Å². The van der Waals surface area contributed by atoms with E-state index < -0.39 is 15.9 Å². The van der Waals surface area contributed by atoms with Gasteiger partial charge in [-0.25, -0.2) is 0 Å². The van der Waals surface area contributed by atoms with Gasteiger partial charge in [0.05, 0.1) is 0 Å². The number of anilines is 1. The standard InChI is InChI=1S/C7H10N2O3S/c1-5-2-7(8)6(3-9-5)4-13(10,11)12/h2-3H,4H2,1H3,(H2,8,9)(H,10,11,12). The van der Waals surface area contributed by atoms with Gasteiger partial charge in [0.2, 0.25) is 0 Å². The van der Waals surface area contributed by atoms with Crippen LogP contribution in [0.2, 0.25) is 0 Å². The van der Waals surface area contributed by atoms with Gasteiger partial charge in [0.15, 0.2) is 0 Å². The van der Waals surface area contributed by atoms with E-state index in [0.717, 1.165) is 0 Å². The van der Waals surface area contributed by atoms with Gasteiger partial charge in [-0.1, -0.05) is 0 Å². The minimum absolute atomic E-state index is 0.313. The van der Waals surface area contributed by atoms with Crippen molar-refractivity contribution in [2.45, 2.75) is 12.7 Å². The van der Waals surface area contributed by atoms with Crippen LogP contribution in [0.5, 0.6) is 0 Å². The maximum atomic E-state index is 10.5. The molecule has 72 valence electrons. The molecule has 1 aromatic heterocycles. The van der Waals surface area contributed by atoms with Crippen LogP contribution in [0.1, 0.15) is 11.3 Å². The smallest absolute Gasteiger partial charge is 0.269 e. The topological polar surface area (TPSA) is 93.3 Å². The van der Waals surface area contributed by atoms with Crippen molar-refractivity contribution in [2.75, 3.05) is 5.73 Å². The SMILES string of the molecule is Cc1cc(N)c(CS(=O)(=O)O)cn1. The summed E-state index contributed by atoms with van der Waals surface area (Å²) in [4.78, 5) is 3.87. The van der Waals surface area contributed by atoms with Gasteiger partial charge >= 0.3 is 0 Å². The number of hydrogen-bond donors (Lipinski definition) is 2. The van der Waals surface area contributed by atoms with Gasteiger partial charge in [-0.05, 0) is 13.0 Å². The lowest BCUT2D eigenvalue weighted by Crippen LogP contribution is -2.05. The molecule has 0 radical (unpaired) electrons. The lowest BCUT2D eigenvalue weighted by Gasteiger charge is -2.03. The second kappa shape index (κ2) is 3.31. The van der Waals surface area contributed by atoms with Gasteiger partial charge < -0.3 is 5.73 Å². The molecule has 6 heteroatoms. The molecule has 0 aliphatic heterocycles.